The molecule has 0 aromatic heterocycles. The fourth-order valence-corrected chi connectivity index (χ4v) is 1.28. The molecule has 0 saturated heterocycles. The van der Waals surface area contributed by atoms with E-state index in [9.17, 15) is 4.79 Å². The molecule has 3 N–H and O–H groups in total. The molecule has 4 heteroatoms. The Labute approximate surface area is 95.8 Å². The maximum absolute atomic E-state index is 11.8. The highest BCUT2D eigenvalue weighted by molar-refractivity contribution is 5.95. The standard InChI is InChI=1S/C12H18N2O2/c1-4-8(2)14-12(15)9-5-6-11(16-3)10(13)7-9/h5-8H,4,13H2,1-3H3,(H,14,15). The van der Waals surface area contributed by atoms with E-state index in [1.807, 2.05) is 13.8 Å². The number of carbonyl (C=O) groups is 1. The maximum Gasteiger partial charge on any atom is 0.251 e. The minimum absolute atomic E-state index is 0.108. The second-order valence-corrected chi connectivity index (χ2v) is 3.74. The zero-order valence-electron chi connectivity index (χ0n) is 9.91. The van der Waals surface area contributed by atoms with Gasteiger partial charge < -0.3 is 15.8 Å². The van der Waals surface area contributed by atoms with Crippen molar-refractivity contribution in [2.45, 2.75) is 26.3 Å². The summed E-state index contributed by atoms with van der Waals surface area (Å²) in [6.07, 6.45) is 0.900. The molecular formula is C12H18N2O2. The molecule has 0 spiro atoms. The Bertz CT molecular complexity index is 377. The molecular weight excluding hydrogens is 204 g/mol. The summed E-state index contributed by atoms with van der Waals surface area (Å²) >= 11 is 0. The lowest BCUT2D eigenvalue weighted by Gasteiger charge is -2.12. The first-order valence-electron chi connectivity index (χ1n) is 5.32. The van der Waals surface area contributed by atoms with Crippen LogP contribution in [-0.2, 0) is 0 Å². The van der Waals surface area contributed by atoms with E-state index in [1.165, 1.54) is 0 Å². The molecule has 0 saturated carbocycles. The number of nitrogens with one attached hydrogen (secondary N) is 1. The number of benzene rings is 1. The van der Waals surface area contributed by atoms with E-state index in [4.69, 9.17) is 10.5 Å². The van der Waals surface area contributed by atoms with Gasteiger partial charge in [0.1, 0.15) is 5.75 Å². The number of rotatable bonds is 4. The first-order chi connectivity index (χ1) is 7.58. The summed E-state index contributed by atoms with van der Waals surface area (Å²) in [4.78, 5) is 11.8. The average Bonchev–Trinajstić information content (AvgIpc) is 2.28. The normalized spacial score (nSPS) is 11.9. The van der Waals surface area contributed by atoms with Gasteiger partial charge in [0.25, 0.3) is 5.91 Å². The SMILES string of the molecule is CCC(C)NC(=O)c1ccc(OC)c(N)c1. The van der Waals surface area contributed by atoms with Gasteiger partial charge in [-0.15, -0.1) is 0 Å². The number of amides is 1. The van der Waals surface area contributed by atoms with Crippen LogP contribution in [0.25, 0.3) is 0 Å². The molecule has 4 nitrogen and oxygen atoms in total. The summed E-state index contributed by atoms with van der Waals surface area (Å²) in [7, 11) is 1.55. The third-order valence-corrected chi connectivity index (χ3v) is 2.48. The second-order valence-electron chi connectivity index (χ2n) is 3.74. The summed E-state index contributed by atoms with van der Waals surface area (Å²) in [5.41, 5.74) is 6.75. The van der Waals surface area contributed by atoms with Crippen LogP contribution in [-0.4, -0.2) is 19.1 Å². The molecule has 0 radical (unpaired) electrons. The number of anilines is 1. The van der Waals surface area contributed by atoms with Gasteiger partial charge in [0.15, 0.2) is 0 Å². The Balaban J connectivity index is 2.81. The molecule has 1 atom stereocenters. The molecule has 1 aromatic carbocycles. The van der Waals surface area contributed by atoms with Gasteiger partial charge in [0, 0.05) is 11.6 Å². The second kappa shape index (κ2) is 5.39. The van der Waals surface area contributed by atoms with Gasteiger partial charge >= 0.3 is 0 Å². The van der Waals surface area contributed by atoms with E-state index in [0.29, 0.717) is 17.0 Å². The topological polar surface area (TPSA) is 64.3 Å². The van der Waals surface area contributed by atoms with Crippen molar-refractivity contribution in [3.05, 3.63) is 23.8 Å². The van der Waals surface area contributed by atoms with Crippen LogP contribution in [0.5, 0.6) is 5.75 Å². The molecule has 1 aromatic rings. The van der Waals surface area contributed by atoms with E-state index < -0.39 is 0 Å². The number of nitrogens with two attached hydrogens (primary N) is 1. The number of hydrogen-bond acceptors (Lipinski definition) is 3. The summed E-state index contributed by atoms with van der Waals surface area (Å²) < 4.78 is 5.03. The van der Waals surface area contributed by atoms with Gasteiger partial charge in [-0.2, -0.15) is 0 Å². The predicted molar refractivity (Wildman–Crippen MR) is 64.6 cm³/mol. The highest BCUT2D eigenvalue weighted by Gasteiger charge is 2.10. The van der Waals surface area contributed by atoms with Crippen LogP contribution in [0.4, 0.5) is 5.69 Å². The Morgan fingerprint density at radius 2 is 2.25 bits per heavy atom. The Kier molecular flexibility index (Phi) is 4.17. The minimum Gasteiger partial charge on any atom is -0.495 e. The lowest BCUT2D eigenvalue weighted by atomic mass is 10.1. The van der Waals surface area contributed by atoms with Crippen molar-refractivity contribution in [3.8, 4) is 5.75 Å². The van der Waals surface area contributed by atoms with Gasteiger partial charge in [-0.1, -0.05) is 6.92 Å². The van der Waals surface area contributed by atoms with E-state index in [1.54, 1.807) is 25.3 Å². The number of methoxy groups -OCH3 is 1. The Morgan fingerprint density at radius 3 is 2.75 bits per heavy atom. The van der Waals surface area contributed by atoms with Crippen LogP contribution in [0.3, 0.4) is 0 Å². The Hall–Kier alpha value is -1.71. The summed E-state index contributed by atoms with van der Waals surface area (Å²) in [5.74, 6) is 0.476. The summed E-state index contributed by atoms with van der Waals surface area (Å²) in [5, 5.41) is 2.88. The molecule has 16 heavy (non-hydrogen) atoms. The van der Waals surface area contributed by atoms with Crippen LogP contribution >= 0.6 is 0 Å². The highest BCUT2D eigenvalue weighted by atomic mass is 16.5. The first-order valence-corrected chi connectivity index (χ1v) is 5.32. The van der Waals surface area contributed by atoms with Crippen molar-refractivity contribution in [2.75, 3.05) is 12.8 Å². The Morgan fingerprint density at radius 1 is 1.56 bits per heavy atom. The van der Waals surface area contributed by atoms with E-state index in [0.717, 1.165) is 6.42 Å². The van der Waals surface area contributed by atoms with Crippen molar-refractivity contribution in [1.82, 2.24) is 5.32 Å². The molecule has 0 aliphatic heterocycles. The zero-order valence-corrected chi connectivity index (χ0v) is 9.91. The molecule has 0 heterocycles. The monoisotopic (exact) mass is 222 g/mol. The summed E-state index contributed by atoms with van der Waals surface area (Å²) in [6.45, 7) is 3.98. The maximum atomic E-state index is 11.8. The number of ether oxygens (including phenoxy) is 1. The summed E-state index contributed by atoms with van der Waals surface area (Å²) in [6, 6.07) is 5.18. The lowest BCUT2D eigenvalue weighted by Crippen LogP contribution is -2.31. The van der Waals surface area contributed by atoms with Crippen LogP contribution in [0.2, 0.25) is 0 Å². The van der Waals surface area contributed by atoms with Gasteiger partial charge in [-0.3, -0.25) is 4.79 Å². The van der Waals surface area contributed by atoms with Crippen molar-refractivity contribution in [3.63, 3.8) is 0 Å². The number of hydrogen-bond donors (Lipinski definition) is 2. The fraction of sp³-hybridized carbons (Fsp3) is 0.417. The number of carbonyl (C=O) groups excluding carboxylic acids is 1. The van der Waals surface area contributed by atoms with Crippen molar-refractivity contribution in [2.24, 2.45) is 0 Å². The van der Waals surface area contributed by atoms with Gasteiger partial charge in [-0.05, 0) is 31.5 Å². The van der Waals surface area contributed by atoms with E-state index >= 15 is 0 Å². The fourth-order valence-electron chi connectivity index (χ4n) is 1.28. The molecule has 1 unspecified atom stereocenters. The largest absolute Gasteiger partial charge is 0.495 e. The molecule has 0 aliphatic carbocycles. The van der Waals surface area contributed by atoms with Crippen LogP contribution in [0.15, 0.2) is 18.2 Å². The highest BCUT2D eigenvalue weighted by Crippen LogP contribution is 2.21. The molecule has 0 bridgehead atoms. The quantitative estimate of drug-likeness (QED) is 0.763. The van der Waals surface area contributed by atoms with Gasteiger partial charge in [0.2, 0.25) is 0 Å². The predicted octanol–water partition coefficient (Wildman–Crippen LogP) is 1.81. The van der Waals surface area contributed by atoms with E-state index in [2.05, 4.69) is 5.32 Å². The van der Waals surface area contributed by atoms with Crippen molar-refractivity contribution in [1.29, 1.82) is 0 Å². The van der Waals surface area contributed by atoms with Crippen molar-refractivity contribution < 1.29 is 9.53 Å². The van der Waals surface area contributed by atoms with Crippen LogP contribution in [0, 0.1) is 0 Å². The zero-order chi connectivity index (χ0) is 12.1. The average molecular weight is 222 g/mol. The van der Waals surface area contributed by atoms with Crippen molar-refractivity contribution >= 4 is 11.6 Å². The number of nitrogen functional groups attached to an aromatic ring is 1. The molecule has 1 amide bonds. The molecule has 0 aliphatic rings. The van der Waals surface area contributed by atoms with Crippen LogP contribution in [0.1, 0.15) is 30.6 Å². The molecule has 88 valence electrons. The van der Waals surface area contributed by atoms with Gasteiger partial charge in [0.05, 0.1) is 12.8 Å². The molecule has 0 fully saturated rings. The van der Waals surface area contributed by atoms with E-state index in [-0.39, 0.29) is 11.9 Å². The molecule has 1 rings (SSSR count). The first kappa shape index (κ1) is 12.4. The lowest BCUT2D eigenvalue weighted by molar-refractivity contribution is 0.0939. The smallest absolute Gasteiger partial charge is 0.251 e. The third kappa shape index (κ3) is 2.89. The van der Waals surface area contributed by atoms with Crippen LogP contribution < -0.4 is 15.8 Å². The minimum atomic E-state index is -0.108. The third-order valence-electron chi connectivity index (χ3n) is 2.48. The van der Waals surface area contributed by atoms with Gasteiger partial charge in [-0.25, -0.2) is 0 Å².